The first-order chi connectivity index (χ1) is 8.22. The van der Waals surface area contributed by atoms with Gasteiger partial charge in [-0.1, -0.05) is 18.2 Å². The summed E-state index contributed by atoms with van der Waals surface area (Å²) in [6, 6.07) is 7.76. The molecule has 1 saturated carbocycles. The maximum atomic E-state index is 11.2. The summed E-state index contributed by atoms with van der Waals surface area (Å²) in [4.78, 5) is 15.5. The Balaban J connectivity index is 1.98. The summed E-state index contributed by atoms with van der Waals surface area (Å²) in [6.07, 6.45) is 4.78. The van der Waals surface area contributed by atoms with Crippen molar-refractivity contribution in [2.24, 2.45) is 10.4 Å². The molecule has 2 aliphatic rings. The summed E-state index contributed by atoms with van der Waals surface area (Å²) in [6.45, 7) is 0. The van der Waals surface area contributed by atoms with Gasteiger partial charge >= 0.3 is 5.97 Å². The molecule has 4 nitrogen and oxygen atoms in total. The number of anilines is 1. The molecular formula is C13H12N2O2. The van der Waals surface area contributed by atoms with Crippen molar-refractivity contribution in [3.8, 4) is 0 Å². The lowest BCUT2D eigenvalue weighted by molar-refractivity contribution is -0.141. The lowest BCUT2D eigenvalue weighted by Gasteiger charge is -2.09. The summed E-state index contributed by atoms with van der Waals surface area (Å²) >= 11 is 0. The van der Waals surface area contributed by atoms with Crippen LogP contribution in [0, 0.1) is 5.41 Å². The Labute approximate surface area is 98.7 Å². The maximum absolute atomic E-state index is 11.2. The molecule has 4 heteroatoms. The monoisotopic (exact) mass is 228 g/mol. The van der Waals surface area contributed by atoms with Crippen molar-refractivity contribution in [3.63, 3.8) is 0 Å². The number of fused-ring (bicyclic) bond motifs is 1. The van der Waals surface area contributed by atoms with Crippen LogP contribution >= 0.6 is 0 Å². The number of para-hydroxylation sites is 1. The molecule has 17 heavy (non-hydrogen) atoms. The van der Waals surface area contributed by atoms with E-state index in [1.165, 1.54) is 0 Å². The van der Waals surface area contributed by atoms with Crippen molar-refractivity contribution in [3.05, 3.63) is 41.7 Å². The first-order valence-corrected chi connectivity index (χ1v) is 5.56. The van der Waals surface area contributed by atoms with E-state index < -0.39 is 11.4 Å². The molecule has 3 rings (SSSR count). The van der Waals surface area contributed by atoms with E-state index >= 15 is 0 Å². The van der Waals surface area contributed by atoms with Crippen molar-refractivity contribution in [1.29, 1.82) is 0 Å². The van der Waals surface area contributed by atoms with Gasteiger partial charge in [-0.15, -0.1) is 0 Å². The third-order valence-corrected chi connectivity index (χ3v) is 3.32. The van der Waals surface area contributed by atoms with Crippen molar-refractivity contribution < 1.29 is 9.90 Å². The van der Waals surface area contributed by atoms with E-state index in [0.29, 0.717) is 18.5 Å². The molecule has 2 N–H and O–H groups in total. The molecule has 1 aromatic rings. The molecule has 0 unspecified atom stereocenters. The van der Waals surface area contributed by atoms with Crippen LogP contribution in [-0.4, -0.2) is 17.3 Å². The van der Waals surface area contributed by atoms with Gasteiger partial charge in [-0.25, -0.2) is 0 Å². The minimum Gasteiger partial charge on any atom is -0.481 e. The molecule has 1 aliphatic carbocycles. The normalized spacial score (nSPS) is 19.6. The fourth-order valence-corrected chi connectivity index (χ4v) is 2.03. The van der Waals surface area contributed by atoms with Crippen LogP contribution in [0.15, 0.2) is 41.2 Å². The quantitative estimate of drug-likeness (QED) is 0.816. The van der Waals surface area contributed by atoms with Gasteiger partial charge < -0.3 is 10.4 Å². The van der Waals surface area contributed by atoms with Gasteiger partial charge in [-0.3, -0.25) is 9.79 Å². The van der Waals surface area contributed by atoms with Crippen molar-refractivity contribution in [1.82, 2.24) is 0 Å². The van der Waals surface area contributed by atoms with Crippen molar-refractivity contribution >= 4 is 17.9 Å². The molecule has 0 amide bonds. The lowest BCUT2D eigenvalue weighted by Crippen LogP contribution is -2.17. The topological polar surface area (TPSA) is 61.7 Å². The molecule has 0 spiro atoms. The highest BCUT2D eigenvalue weighted by molar-refractivity contribution is 5.91. The first-order valence-electron chi connectivity index (χ1n) is 5.56. The van der Waals surface area contributed by atoms with Crippen molar-refractivity contribution in [2.45, 2.75) is 12.8 Å². The maximum Gasteiger partial charge on any atom is 0.315 e. The van der Waals surface area contributed by atoms with E-state index in [1.54, 1.807) is 12.4 Å². The van der Waals surface area contributed by atoms with E-state index in [-0.39, 0.29) is 0 Å². The van der Waals surface area contributed by atoms with E-state index in [9.17, 15) is 9.90 Å². The standard InChI is InChI=1S/C13H12N2O2/c16-12(17)13(5-6-13)11-8-14-10-4-2-1-3-9(10)7-15-11/h1-4,7-8,14H,5-6H2,(H,16,17). The highest BCUT2D eigenvalue weighted by Gasteiger charge is 2.54. The first kappa shape index (κ1) is 10.1. The van der Waals surface area contributed by atoms with E-state index in [1.807, 2.05) is 24.3 Å². The summed E-state index contributed by atoms with van der Waals surface area (Å²) in [5.41, 5.74) is 1.78. The number of carboxylic acids is 1. The summed E-state index contributed by atoms with van der Waals surface area (Å²) in [7, 11) is 0. The summed E-state index contributed by atoms with van der Waals surface area (Å²) in [5, 5.41) is 12.3. The lowest BCUT2D eigenvalue weighted by atomic mass is 10.0. The zero-order valence-electron chi connectivity index (χ0n) is 9.18. The number of hydrogen-bond donors (Lipinski definition) is 2. The molecule has 1 fully saturated rings. The van der Waals surface area contributed by atoms with Gasteiger partial charge in [0, 0.05) is 23.7 Å². The van der Waals surface area contributed by atoms with Crippen LogP contribution < -0.4 is 5.32 Å². The number of nitrogens with zero attached hydrogens (tertiary/aromatic N) is 1. The molecule has 0 atom stereocenters. The third-order valence-electron chi connectivity index (χ3n) is 3.32. The molecule has 0 saturated heterocycles. The second-order valence-corrected chi connectivity index (χ2v) is 4.41. The number of hydrogen-bond acceptors (Lipinski definition) is 3. The summed E-state index contributed by atoms with van der Waals surface area (Å²) < 4.78 is 0. The second kappa shape index (κ2) is 3.45. The predicted molar refractivity (Wildman–Crippen MR) is 65.0 cm³/mol. The van der Waals surface area contributed by atoms with Crippen LogP contribution in [0.4, 0.5) is 5.69 Å². The van der Waals surface area contributed by atoms with Gasteiger partial charge in [0.2, 0.25) is 0 Å². The number of aliphatic carboxylic acids is 1. The molecule has 1 heterocycles. The van der Waals surface area contributed by atoms with Gasteiger partial charge in [0.25, 0.3) is 0 Å². The predicted octanol–water partition coefficient (Wildman–Crippen LogP) is 2.24. The SMILES string of the molecule is O=C(O)C1(C2=CNc3ccccc3C=N2)CC1. The zero-order chi connectivity index (χ0) is 11.9. The Morgan fingerprint density at radius 1 is 1.35 bits per heavy atom. The van der Waals surface area contributed by atoms with Gasteiger partial charge in [0.15, 0.2) is 0 Å². The molecule has 0 aromatic heterocycles. The highest BCUT2D eigenvalue weighted by atomic mass is 16.4. The molecule has 1 aliphatic heterocycles. The average Bonchev–Trinajstić information content (AvgIpc) is 3.12. The average molecular weight is 228 g/mol. The fraction of sp³-hybridized carbons (Fsp3) is 0.231. The Morgan fingerprint density at radius 3 is 2.82 bits per heavy atom. The van der Waals surface area contributed by atoms with Gasteiger partial charge in [0.1, 0.15) is 5.41 Å². The number of benzene rings is 1. The Kier molecular flexibility index (Phi) is 2.04. The fourth-order valence-electron chi connectivity index (χ4n) is 2.03. The van der Waals surface area contributed by atoms with E-state index in [0.717, 1.165) is 11.3 Å². The molecule has 0 bridgehead atoms. The van der Waals surface area contributed by atoms with Crippen LogP contribution in [0.2, 0.25) is 0 Å². The number of nitrogens with one attached hydrogen (secondary N) is 1. The smallest absolute Gasteiger partial charge is 0.315 e. The van der Waals surface area contributed by atoms with Gasteiger partial charge in [0.05, 0.1) is 5.70 Å². The number of aliphatic imine (C=N–C) groups is 1. The van der Waals surface area contributed by atoms with Crippen LogP contribution in [0.1, 0.15) is 18.4 Å². The van der Waals surface area contributed by atoms with Crippen molar-refractivity contribution in [2.75, 3.05) is 5.32 Å². The number of rotatable bonds is 2. The minimum atomic E-state index is -0.784. The molecule has 0 radical (unpaired) electrons. The van der Waals surface area contributed by atoms with Gasteiger partial charge in [-0.2, -0.15) is 0 Å². The summed E-state index contributed by atoms with van der Waals surface area (Å²) in [5.74, 6) is -0.784. The van der Waals surface area contributed by atoms with E-state index in [4.69, 9.17) is 0 Å². The van der Waals surface area contributed by atoms with Crippen LogP contribution in [-0.2, 0) is 4.79 Å². The van der Waals surface area contributed by atoms with Crippen LogP contribution in [0.25, 0.3) is 0 Å². The molecule has 1 aromatic carbocycles. The Morgan fingerprint density at radius 2 is 2.12 bits per heavy atom. The van der Waals surface area contributed by atoms with E-state index in [2.05, 4.69) is 10.3 Å². The second-order valence-electron chi connectivity index (χ2n) is 4.41. The molecule has 86 valence electrons. The van der Waals surface area contributed by atoms with Crippen LogP contribution in [0.5, 0.6) is 0 Å². The number of carboxylic acid groups (broad SMARTS) is 1. The van der Waals surface area contributed by atoms with Crippen LogP contribution in [0.3, 0.4) is 0 Å². The Bertz CT molecular complexity index is 542. The highest BCUT2D eigenvalue weighted by Crippen LogP contribution is 2.52. The van der Waals surface area contributed by atoms with Gasteiger partial charge in [-0.05, 0) is 18.9 Å². The largest absolute Gasteiger partial charge is 0.481 e. The third kappa shape index (κ3) is 1.53. The zero-order valence-corrected chi connectivity index (χ0v) is 9.18. The molecular weight excluding hydrogens is 216 g/mol. The minimum absolute atomic E-state index is 0.612. The number of carbonyl (C=O) groups is 1. The Hall–Kier alpha value is -2.10.